The first-order valence-corrected chi connectivity index (χ1v) is 6.69. The Bertz CT molecular complexity index is 649. The minimum absolute atomic E-state index is 0.0934. The summed E-state index contributed by atoms with van der Waals surface area (Å²) in [7, 11) is 0. The molecule has 4 atom stereocenters. The summed E-state index contributed by atoms with van der Waals surface area (Å²) in [4.78, 5) is 12.1. The Hall–Kier alpha value is -1.33. The van der Waals surface area contributed by atoms with E-state index in [4.69, 9.17) is 16.2 Å². The van der Waals surface area contributed by atoms with Gasteiger partial charge in [0.2, 0.25) is 0 Å². The standard InChI is InChI=1S/C10H13BrN6O3/c11-10-16-4-7(13)14-2-15-8(4)17(10)9-6(19)5(18)3(1-12)20-9/h2-3,5-6,9,18-19H,1,12H2,(H2,13,14,15)/t3-,5+,6+,9+/m0/s1. The van der Waals surface area contributed by atoms with E-state index in [0.29, 0.717) is 15.9 Å². The van der Waals surface area contributed by atoms with E-state index in [2.05, 4.69) is 30.9 Å². The van der Waals surface area contributed by atoms with Crippen LogP contribution in [0.25, 0.3) is 11.2 Å². The lowest BCUT2D eigenvalue weighted by Crippen LogP contribution is -2.35. The number of fused-ring (bicyclic) bond motifs is 1. The molecule has 9 nitrogen and oxygen atoms in total. The molecule has 3 rings (SSSR count). The normalized spacial score (nSPS) is 30.2. The number of nitrogen functional groups attached to an aromatic ring is 1. The van der Waals surface area contributed by atoms with Gasteiger partial charge in [0, 0.05) is 6.54 Å². The van der Waals surface area contributed by atoms with Crippen molar-refractivity contribution in [3.8, 4) is 0 Å². The molecule has 10 heteroatoms. The predicted molar refractivity (Wildman–Crippen MR) is 72.4 cm³/mol. The van der Waals surface area contributed by atoms with Crippen molar-refractivity contribution in [1.82, 2.24) is 19.5 Å². The lowest BCUT2D eigenvalue weighted by Gasteiger charge is -2.17. The fourth-order valence-corrected chi connectivity index (χ4v) is 2.81. The Balaban J connectivity index is 2.11. The number of anilines is 1. The van der Waals surface area contributed by atoms with Gasteiger partial charge in [0.1, 0.15) is 24.6 Å². The SMILES string of the molecule is NC[C@@H]1O[C@@H](n2c(Br)nc3c(N)ncnc32)[C@H](O)[C@@H]1O. The number of aliphatic hydroxyl groups is 2. The van der Waals surface area contributed by atoms with Crippen LogP contribution >= 0.6 is 15.9 Å². The number of ether oxygens (including phenoxy) is 1. The number of halogens is 1. The molecule has 1 aliphatic rings. The number of aromatic nitrogens is 4. The first-order valence-electron chi connectivity index (χ1n) is 5.90. The van der Waals surface area contributed by atoms with E-state index in [1.54, 1.807) is 0 Å². The first-order chi connectivity index (χ1) is 9.54. The van der Waals surface area contributed by atoms with E-state index >= 15 is 0 Å². The summed E-state index contributed by atoms with van der Waals surface area (Å²) in [5.41, 5.74) is 12.0. The molecule has 108 valence electrons. The molecule has 3 heterocycles. The van der Waals surface area contributed by atoms with E-state index in [-0.39, 0.29) is 12.4 Å². The van der Waals surface area contributed by atoms with E-state index in [9.17, 15) is 10.2 Å². The van der Waals surface area contributed by atoms with E-state index in [0.717, 1.165) is 0 Å². The molecule has 0 amide bonds. The van der Waals surface area contributed by atoms with Crippen LogP contribution in [0.3, 0.4) is 0 Å². The second-order valence-electron chi connectivity index (χ2n) is 4.46. The molecule has 0 aromatic carbocycles. The third kappa shape index (κ3) is 1.88. The molecule has 0 unspecified atom stereocenters. The third-order valence-corrected chi connectivity index (χ3v) is 3.85. The van der Waals surface area contributed by atoms with Gasteiger partial charge in [0.25, 0.3) is 0 Å². The van der Waals surface area contributed by atoms with Gasteiger partial charge < -0.3 is 26.4 Å². The molecule has 1 aliphatic heterocycles. The highest BCUT2D eigenvalue weighted by Crippen LogP contribution is 2.34. The molecule has 0 saturated carbocycles. The third-order valence-electron chi connectivity index (χ3n) is 3.29. The highest BCUT2D eigenvalue weighted by molar-refractivity contribution is 9.10. The number of rotatable bonds is 2. The zero-order valence-electron chi connectivity index (χ0n) is 10.2. The minimum Gasteiger partial charge on any atom is -0.387 e. The number of hydrogen-bond acceptors (Lipinski definition) is 8. The van der Waals surface area contributed by atoms with Crippen LogP contribution in [-0.2, 0) is 4.74 Å². The van der Waals surface area contributed by atoms with Gasteiger partial charge in [-0.25, -0.2) is 15.0 Å². The molecule has 1 saturated heterocycles. The summed E-state index contributed by atoms with van der Waals surface area (Å²) in [6.45, 7) is 0.0934. The van der Waals surface area contributed by atoms with E-state index in [1.165, 1.54) is 10.9 Å². The van der Waals surface area contributed by atoms with Gasteiger partial charge in [-0.2, -0.15) is 0 Å². The van der Waals surface area contributed by atoms with Crippen molar-refractivity contribution in [3.63, 3.8) is 0 Å². The van der Waals surface area contributed by atoms with E-state index in [1.807, 2.05) is 0 Å². The van der Waals surface area contributed by atoms with Crippen LogP contribution in [0.2, 0.25) is 0 Å². The minimum atomic E-state index is -1.14. The lowest BCUT2D eigenvalue weighted by atomic mass is 10.1. The molecule has 0 radical (unpaired) electrons. The second kappa shape index (κ2) is 4.90. The first kappa shape index (κ1) is 13.6. The van der Waals surface area contributed by atoms with Gasteiger partial charge in [-0.15, -0.1) is 0 Å². The zero-order valence-corrected chi connectivity index (χ0v) is 11.8. The predicted octanol–water partition coefficient (Wildman–Crippen LogP) is -1.25. The van der Waals surface area contributed by atoms with Crippen molar-refractivity contribution in [3.05, 3.63) is 11.1 Å². The number of nitrogens with zero attached hydrogens (tertiary/aromatic N) is 4. The fraction of sp³-hybridized carbons (Fsp3) is 0.500. The fourth-order valence-electron chi connectivity index (χ4n) is 2.26. The number of nitrogens with two attached hydrogens (primary N) is 2. The maximum atomic E-state index is 10.1. The van der Waals surface area contributed by atoms with Gasteiger partial charge in [-0.05, 0) is 15.9 Å². The van der Waals surface area contributed by atoms with Crippen LogP contribution in [0.4, 0.5) is 5.82 Å². The van der Waals surface area contributed by atoms with Crippen LogP contribution in [0.1, 0.15) is 6.23 Å². The van der Waals surface area contributed by atoms with Crippen molar-refractivity contribution in [2.75, 3.05) is 12.3 Å². The molecule has 0 aliphatic carbocycles. The van der Waals surface area contributed by atoms with Crippen molar-refractivity contribution in [2.45, 2.75) is 24.5 Å². The summed E-state index contributed by atoms with van der Waals surface area (Å²) in [6.07, 6.45) is -2.44. The summed E-state index contributed by atoms with van der Waals surface area (Å²) < 4.78 is 7.45. The topological polar surface area (TPSA) is 145 Å². The second-order valence-corrected chi connectivity index (χ2v) is 5.17. The monoisotopic (exact) mass is 344 g/mol. The molecular weight excluding hydrogens is 332 g/mol. The summed E-state index contributed by atoms with van der Waals surface area (Å²) in [6, 6.07) is 0. The molecule has 20 heavy (non-hydrogen) atoms. The van der Waals surface area contributed by atoms with Crippen molar-refractivity contribution < 1.29 is 14.9 Å². The van der Waals surface area contributed by atoms with Crippen LogP contribution in [0.15, 0.2) is 11.1 Å². The number of aliphatic hydroxyl groups excluding tert-OH is 2. The van der Waals surface area contributed by atoms with Gasteiger partial charge in [0.05, 0.1) is 0 Å². The Labute approximate surface area is 121 Å². The smallest absolute Gasteiger partial charge is 0.181 e. The molecule has 1 fully saturated rings. The summed E-state index contributed by atoms with van der Waals surface area (Å²) in [5, 5.41) is 20.0. The Morgan fingerprint density at radius 1 is 1.35 bits per heavy atom. The molecule has 0 bridgehead atoms. The quantitative estimate of drug-likeness (QED) is 0.494. The largest absolute Gasteiger partial charge is 0.387 e. The average molecular weight is 345 g/mol. The maximum Gasteiger partial charge on any atom is 0.181 e. The van der Waals surface area contributed by atoms with Gasteiger partial charge in [-0.1, -0.05) is 0 Å². The molecule has 2 aromatic heterocycles. The highest BCUT2D eigenvalue weighted by atomic mass is 79.9. The van der Waals surface area contributed by atoms with Crippen molar-refractivity contribution in [2.24, 2.45) is 5.73 Å². The average Bonchev–Trinajstić information content (AvgIpc) is 2.90. The van der Waals surface area contributed by atoms with Crippen molar-refractivity contribution in [1.29, 1.82) is 0 Å². The number of hydrogen-bond donors (Lipinski definition) is 4. The van der Waals surface area contributed by atoms with Gasteiger partial charge in [0.15, 0.2) is 27.9 Å². The molecule has 2 aromatic rings. The maximum absolute atomic E-state index is 10.1. The highest BCUT2D eigenvalue weighted by Gasteiger charge is 2.44. The molecular formula is C10H13BrN6O3. The van der Waals surface area contributed by atoms with Crippen molar-refractivity contribution >= 4 is 32.9 Å². The summed E-state index contributed by atoms with van der Waals surface area (Å²) in [5.74, 6) is 0.220. The molecule has 6 N–H and O–H groups in total. The van der Waals surface area contributed by atoms with Gasteiger partial charge in [-0.3, -0.25) is 4.57 Å². The molecule has 0 spiro atoms. The van der Waals surface area contributed by atoms with Crippen LogP contribution < -0.4 is 11.5 Å². The van der Waals surface area contributed by atoms with E-state index < -0.39 is 24.5 Å². The van der Waals surface area contributed by atoms with Crippen LogP contribution in [0, 0.1) is 0 Å². The zero-order chi connectivity index (χ0) is 14.4. The van der Waals surface area contributed by atoms with Gasteiger partial charge >= 0.3 is 0 Å². The Morgan fingerprint density at radius 2 is 2.10 bits per heavy atom. The Morgan fingerprint density at radius 3 is 2.75 bits per heavy atom. The van der Waals surface area contributed by atoms with Crippen LogP contribution in [-0.4, -0.2) is 54.6 Å². The summed E-state index contributed by atoms with van der Waals surface area (Å²) >= 11 is 3.27. The Kier molecular flexibility index (Phi) is 3.34. The van der Waals surface area contributed by atoms with Crippen LogP contribution in [0.5, 0.6) is 0 Å². The number of imidazole rings is 1. The lowest BCUT2D eigenvalue weighted by molar-refractivity contribution is -0.0335.